The van der Waals surface area contributed by atoms with Gasteiger partial charge in [0.1, 0.15) is 0 Å². The molecule has 0 bridgehead atoms. The van der Waals surface area contributed by atoms with E-state index in [4.69, 9.17) is 9.47 Å². The van der Waals surface area contributed by atoms with E-state index in [1.54, 1.807) is 0 Å². The van der Waals surface area contributed by atoms with Gasteiger partial charge in [0.2, 0.25) is 0 Å². The molecule has 150 valence electrons. The van der Waals surface area contributed by atoms with Crippen LogP contribution in [0.3, 0.4) is 0 Å². The zero-order chi connectivity index (χ0) is 20.2. The molecule has 0 saturated heterocycles. The summed E-state index contributed by atoms with van der Waals surface area (Å²) in [6, 6.07) is 19.7. The molecule has 0 aliphatic rings. The van der Waals surface area contributed by atoms with Crippen LogP contribution in [0.15, 0.2) is 60.7 Å². The van der Waals surface area contributed by atoms with E-state index in [2.05, 4.69) is 10.6 Å². The number of anilines is 2. The number of hydrogen-bond donors (Lipinski definition) is 2. The van der Waals surface area contributed by atoms with Crippen LogP contribution in [0.25, 0.3) is 0 Å². The van der Waals surface area contributed by atoms with Crippen molar-refractivity contribution in [3.8, 4) is 0 Å². The first kappa shape index (κ1) is 21.3. The third-order valence-electron chi connectivity index (χ3n) is 4.36. The number of carbonyl (C=O) groups excluding carboxylic acids is 2. The molecule has 0 unspecified atom stereocenters. The maximum atomic E-state index is 11.2. The average molecular weight is 384 g/mol. The van der Waals surface area contributed by atoms with Crippen LogP contribution in [0, 0.1) is 0 Å². The van der Waals surface area contributed by atoms with E-state index in [0.29, 0.717) is 19.4 Å². The summed E-state index contributed by atoms with van der Waals surface area (Å²) in [6.45, 7) is 3.90. The van der Waals surface area contributed by atoms with Crippen LogP contribution >= 0.6 is 0 Å². The monoisotopic (exact) mass is 384 g/mol. The summed E-state index contributed by atoms with van der Waals surface area (Å²) in [4.78, 5) is 22.5. The van der Waals surface area contributed by atoms with Crippen molar-refractivity contribution in [2.75, 3.05) is 30.4 Å². The van der Waals surface area contributed by atoms with Crippen molar-refractivity contribution in [1.82, 2.24) is 0 Å². The Hall–Kier alpha value is -3.02. The number of nitrogens with one attached hydrogen (secondary N) is 2. The topological polar surface area (TPSA) is 76.7 Å². The molecule has 0 aromatic heterocycles. The van der Waals surface area contributed by atoms with Gasteiger partial charge in [-0.15, -0.1) is 0 Å². The average Bonchev–Trinajstić information content (AvgIpc) is 2.67. The van der Waals surface area contributed by atoms with Crippen LogP contribution < -0.4 is 10.6 Å². The highest BCUT2D eigenvalue weighted by Crippen LogP contribution is 2.24. The van der Waals surface area contributed by atoms with Gasteiger partial charge in [-0.05, 0) is 24.3 Å². The Labute approximate surface area is 166 Å². The van der Waals surface area contributed by atoms with Crippen LogP contribution in [0.4, 0.5) is 11.4 Å². The summed E-state index contributed by atoms with van der Waals surface area (Å²) in [7, 11) is 0. The molecule has 0 aliphatic carbocycles. The van der Waals surface area contributed by atoms with Crippen LogP contribution in [0.5, 0.6) is 0 Å². The minimum Gasteiger partial charge on any atom is -0.466 e. The van der Waals surface area contributed by atoms with Gasteiger partial charge >= 0.3 is 11.9 Å². The molecule has 0 atom stereocenters. The second-order valence-electron chi connectivity index (χ2n) is 6.67. The maximum absolute atomic E-state index is 11.2. The molecule has 2 aromatic carbocycles. The first-order chi connectivity index (χ1) is 13.5. The lowest BCUT2D eigenvalue weighted by atomic mass is 9.90. The molecular formula is C22H28N2O4. The summed E-state index contributed by atoms with van der Waals surface area (Å²) in [5, 5.41) is 7.00. The van der Waals surface area contributed by atoms with E-state index in [9.17, 15) is 9.59 Å². The third kappa shape index (κ3) is 7.70. The van der Waals surface area contributed by atoms with Crippen molar-refractivity contribution in [3.05, 3.63) is 60.7 Å². The largest absolute Gasteiger partial charge is 0.466 e. The lowest BCUT2D eigenvalue weighted by Gasteiger charge is -2.36. The lowest BCUT2D eigenvalue weighted by Crippen LogP contribution is -2.47. The van der Waals surface area contributed by atoms with E-state index < -0.39 is 5.54 Å². The molecule has 0 radical (unpaired) electrons. The number of benzene rings is 2. The standard InChI is InChI=1S/C22H28N2O4/c1-18(25)27-15-13-22(14-16-28-19(2)26,24-21-11-7-4-8-12-21)17-23-20-9-5-3-6-10-20/h3-12,23-24H,13-17H2,1-2H3. The van der Waals surface area contributed by atoms with E-state index in [1.165, 1.54) is 13.8 Å². The Morgan fingerprint density at radius 2 is 1.25 bits per heavy atom. The Bertz CT molecular complexity index is 715. The number of ether oxygens (including phenoxy) is 2. The quantitative estimate of drug-likeness (QED) is 0.573. The van der Waals surface area contributed by atoms with Crippen LogP contribution in [-0.4, -0.2) is 37.2 Å². The molecule has 0 aliphatic heterocycles. The molecule has 0 fully saturated rings. The number of hydrogen-bond acceptors (Lipinski definition) is 6. The molecular weight excluding hydrogens is 356 g/mol. The summed E-state index contributed by atoms with van der Waals surface area (Å²) < 4.78 is 10.4. The molecule has 28 heavy (non-hydrogen) atoms. The zero-order valence-corrected chi connectivity index (χ0v) is 16.4. The zero-order valence-electron chi connectivity index (χ0n) is 16.4. The Morgan fingerprint density at radius 3 is 1.71 bits per heavy atom. The summed E-state index contributed by atoms with van der Waals surface area (Å²) in [6.07, 6.45) is 1.12. The number of esters is 2. The van der Waals surface area contributed by atoms with Gasteiger partial charge in [0.15, 0.2) is 0 Å². The second kappa shape index (κ2) is 11.0. The predicted molar refractivity (Wildman–Crippen MR) is 110 cm³/mol. The minimum atomic E-state index is -0.484. The fourth-order valence-corrected chi connectivity index (χ4v) is 2.91. The van der Waals surface area contributed by atoms with Gasteiger partial charge in [-0.25, -0.2) is 0 Å². The smallest absolute Gasteiger partial charge is 0.302 e. The minimum absolute atomic E-state index is 0.270. The number of rotatable bonds is 11. The van der Waals surface area contributed by atoms with Gasteiger partial charge < -0.3 is 20.1 Å². The normalized spacial score (nSPS) is 10.8. The molecule has 2 aromatic rings. The molecule has 6 nitrogen and oxygen atoms in total. The Morgan fingerprint density at radius 1 is 0.786 bits per heavy atom. The molecule has 2 rings (SSSR count). The molecule has 0 heterocycles. The number of carbonyl (C=O) groups is 2. The van der Waals surface area contributed by atoms with Gasteiger partial charge in [0, 0.05) is 44.6 Å². The maximum Gasteiger partial charge on any atom is 0.302 e. The van der Waals surface area contributed by atoms with Gasteiger partial charge in [0.05, 0.1) is 18.8 Å². The van der Waals surface area contributed by atoms with Crippen molar-refractivity contribution < 1.29 is 19.1 Å². The van der Waals surface area contributed by atoms with Crippen LogP contribution in [0.2, 0.25) is 0 Å². The van der Waals surface area contributed by atoms with Crippen LogP contribution in [0.1, 0.15) is 26.7 Å². The molecule has 0 saturated carbocycles. The predicted octanol–water partition coefficient (Wildman–Crippen LogP) is 3.86. The van der Waals surface area contributed by atoms with Gasteiger partial charge in [-0.3, -0.25) is 9.59 Å². The first-order valence-electron chi connectivity index (χ1n) is 9.38. The SMILES string of the molecule is CC(=O)OCCC(CCOC(C)=O)(CNc1ccccc1)Nc1ccccc1. The fourth-order valence-electron chi connectivity index (χ4n) is 2.91. The summed E-state index contributed by atoms with van der Waals surface area (Å²) >= 11 is 0. The summed E-state index contributed by atoms with van der Waals surface area (Å²) in [5.41, 5.74) is 1.45. The van der Waals surface area contributed by atoms with Gasteiger partial charge in [-0.1, -0.05) is 36.4 Å². The number of para-hydroxylation sites is 2. The lowest BCUT2D eigenvalue weighted by molar-refractivity contribution is -0.141. The first-order valence-corrected chi connectivity index (χ1v) is 9.38. The highest BCUT2D eigenvalue weighted by atomic mass is 16.5. The van der Waals surface area contributed by atoms with Gasteiger partial charge in [-0.2, -0.15) is 0 Å². The summed E-state index contributed by atoms with van der Waals surface area (Å²) in [5.74, 6) is -0.630. The van der Waals surface area contributed by atoms with E-state index >= 15 is 0 Å². The van der Waals surface area contributed by atoms with Crippen molar-refractivity contribution >= 4 is 23.3 Å². The van der Waals surface area contributed by atoms with Crippen molar-refractivity contribution in [1.29, 1.82) is 0 Å². The van der Waals surface area contributed by atoms with Crippen molar-refractivity contribution in [2.45, 2.75) is 32.2 Å². The molecule has 0 amide bonds. The van der Waals surface area contributed by atoms with Crippen molar-refractivity contribution in [3.63, 3.8) is 0 Å². The van der Waals surface area contributed by atoms with Gasteiger partial charge in [0.25, 0.3) is 0 Å². The Balaban J connectivity index is 2.19. The molecule has 2 N–H and O–H groups in total. The van der Waals surface area contributed by atoms with E-state index in [-0.39, 0.29) is 25.2 Å². The highest BCUT2D eigenvalue weighted by molar-refractivity contribution is 5.66. The Kier molecular flexibility index (Phi) is 8.34. The van der Waals surface area contributed by atoms with Crippen molar-refractivity contribution in [2.24, 2.45) is 0 Å². The molecule has 0 spiro atoms. The third-order valence-corrected chi connectivity index (χ3v) is 4.36. The van der Waals surface area contributed by atoms with E-state index in [1.807, 2.05) is 60.7 Å². The highest BCUT2D eigenvalue weighted by Gasteiger charge is 2.30. The second-order valence-corrected chi connectivity index (χ2v) is 6.67. The fraction of sp³-hybridized carbons (Fsp3) is 0.364. The van der Waals surface area contributed by atoms with Crippen LogP contribution in [-0.2, 0) is 19.1 Å². The molecule has 6 heteroatoms. The van der Waals surface area contributed by atoms with E-state index in [0.717, 1.165) is 11.4 Å².